The Bertz CT molecular complexity index is 1900. The summed E-state index contributed by atoms with van der Waals surface area (Å²) < 4.78 is 16.8. The average molecular weight is 1110 g/mol. The smallest absolute Gasteiger partial charge is 0.306 e. The van der Waals surface area contributed by atoms with Crippen LogP contribution in [-0.4, -0.2) is 37.2 Å². The molecule has 1 atom stereocenters. The maximum atomic E-state index is 12.9. The third kappa shape index (κ3) is 65.2. The van der Waals surface area contributed by atoms with Crippen LogP contribution < -0.4 is 0 Å². The van der Waals surface area contributed by atoms with Gasteiger partial charge in [0.15, 0.2) is 6.10 Å². The second-order valence-corrected chi connectivity index (χ2v) is 20.6. The molecule has 0 N–H and O–H groups in total. The average Bonchev–Trinajstić information content (AvgIpc) is 3.47. The molecule has 0 aliphatic carbocycles. The van der Waals surface area contributed by atoms with Crippen LogP contribution in [0.3, 0.4) is 0 Å². The van der Waals surface area contributed by atoms with Crippen molar-refractivity contribution in [2.45, 2.75) is 258 Å². The Balaban J connectivity index is 4.41. The molecule has 0 heterocycles. The minimum absolute atomic E-state index is 0.110. The van der Waals surface area contributed by atoms with Gasteiger partial charge in [0.2, 0.25) is 0 Å². The number of rotatable bonds is 56. The van der Waals surface area contributed by atoms with Gasteiger partial charge in [-0.05, 0) is 135 Å². The number of hydrogen-bond donors (Lipinski definition) is 0. The maximum absolute atomic E-state index is 12.9. The molecule has 0 saturated heterocycles. The van der Waals surface area contributed by atoms with Gasteiger partial charge in [-0.3, -0.25) is 14.4 Å². The van der Waals surface area contributed by atoms with Crippen molar-refractivity contribution in [2.24, 2.45) is 0 Å². The summed E-state index contributed by atoms with van der Waals surface area (Å²) >= 11 is 0. The van der Waals surface area contributed by atoms with E-state index < -0.39 is 6.10 Å². The largest absolute Gasteiger partial charge is 0.462 e. The van der Waals surface area contributed by atoms with Gasteiger partial charge in [-0.2, -0.15) is 0 Å². The molecule has 0 saturated carbocycles. The van der Waals surface area contributed by atoms with Gasteiger partial charge < -0.3 is 14.2 Å². The van der Waals surface area contributed by atoms with E-state index >= 15 is 0 Å². The lowest BCUT2D eigenvalue weighted by Gasteiger charge is -2.18. The van der Waals surface area contributed by atoms with E-state index in [-0.39, 0.29) is 37.5 Å². The van der Waals surface area contributed by atoms with E-state index in [1.807, 2.05) is 0 Å². The second-order valence-electron chi connectivity index (χ2n) is 20.6. The van der Waals surface area contributed by atoms with Gasteiger partial charge in [-0.25, -0.2) is 0 Å². The Morgan fingerprint density at radius 2 is 0.494 bits per heavy atom. The molecule has 0 spiro atoms. The highest BCUT2D eigenvalue weighted by atomic mass is 16.6. The third-order valence-corrected chi connectivity index (χ3v) is 12.9. The number of carbonyl (C=O) groups excluding carboxylic acids is 3. The first-order valence-electron chi connectivity index (χ1n) is 32.3. The van der Waals surface area contributed by atoms with Crippen molar-refractivity contribution < 1.29 is 28.6 Å². The Hall–Kier alpha value is -5.49. The van der Waals surface area contributed by atoms with Crippen LogP contribution in [-0.2, 0) is 28.6 Å². The van der Waals surface area contributed by atoms with Crippen LogP contribution in [0.1, 0.15) is 252 Å². The standard InChI is InChI=1S/C75H116O6/c1-4-7-10-13-16-19-21-23-25-27-29-31-33-35-36-37-38-40-41-43-45-47-49-51-53-56-59-62-65-68-74(77)80-71-72(70-79-73(76)67-64-61-58-55-18-15-12-9-6-3)81-75(78)69-66-63-60-57-54-52-50-48-46-44-42-39-34-32-30-28-26-24-22-20-17-14-11-8-5-2/h7-8,10-11,16-17,19-20,23-26,29-32,35-36,38-40,42-43,45-46,48-49,51,56,59,72H,4-6,9,12-15,18,21-22,27-28,33-34,37,41,44,47,50,52-55,57-58,60-71H2,1-3H3/b10-7-,11-8-,19-16-,20-17-,25-23-,26-24-,31-29-,32-30-,36-35-,40-38-,42-39-,45-43-,48-46-,51-49-,59-56-. The quantitative estimate of drug-likeness (QED) is 0.0261. The van der Waals surface area contributed by atoms with Crippen LogP contribution in [0, 0.1) is 0 Å². The van der Waals surface area contributed by atoms with Gasteiger partial charge in [0, 0.05) is 19.3 Å². The maximum Gasteiger partial charge on any atom is 0.306 e. The molecule has 0 bridgehead atoms. The van der Waals surface area contributed by atoms with Gasteiger partial charge in [-0.1, -0.05) is 280 Å². The number of carbonyl (C=O) groups is 3. The molecule has 0 aliphatic rings. The summed E-state index contributed by atoms with van der Waals surface area (Å²) in [7, 11) is 0. The Morgan fingerprint density at radius 1 is 0.259 bits per heavy atom. The SMILES string of the molecule is CC/C=C\C/C=C\C/C=C\C/C=C\C/C=C\C/C=C\C/C=C\C/C=C\C/C=C\CCCC(=O)OCC(COC(=O)CCCCCCCCCCC)OC(=O)CCCCCCCC/C=C\C/C=C\C/C=C\C/C=C\C/C=C\C/C=C\CC. The lowest BCUT2D eigenvalue weighted by Crippen LogP contribution is -2.30. The third-order valence-electron chi connectivity index (χ3n) is 12.9. The zero-order valence-corrected chi connectivity index (χ0v) is 51.7. The summed E-state index contributed by atoms with van der Waals surface area (Å²) in [5, 5.41) is 0. The fourth-order valence-electron chi connectivity index (χ4n) is 8.15. The number of hydrogen-bond acceptors (Lipinski definition) is 6. The highest BCUT2D eigenvalue weighted by molar-refractivity contribution is 5.71. The first kappa shape index (κ1) is 75.5. The molecule has 0 radical (unpaired) electrons. The van der Waals surface area contributed by atoms with Crippen molar-refractivity contribution in [2.75, 3.05) is 13.2 Å². The van der Waals surface area contributed by atoms with E-state index in [1.54, 1.807) is 0 Å². The number of esters is 3. The van der Waals surface area contributed by atoms with Crippen LogP contribution in [0.4, 0.5) is 0 Å². The molecule has 452 valence electrons. The predicted octanol–water partition coefficient (Wildman–Crippen LogP) is 22.4. The molecule has 0 aromatic carbocycles. The summed E-state index contributed by atoms with van der Waals surface area (Å²) in [4.78, 5) is 38.2. The van der Waals surface area contributed by atoms with E-state index in [0.717, 1.165) is 154 Å². The minimum Gasteiger partial charge on any atom is -0.462 e. The Kier molecular flexibility index (Phi) is 62.5. The predicted molar refractivity (Wildman–Crippen MR) is 352 cm³/mol. The molecule has 0 aromatic heterocycles. The van der Waals surface area contributed by atoms with Crippen LogP contribution >= 0.6 is 0 Å². The molecular weight excluding hydrogens is 997 g/mol. The van der Waals surface area contributed by atoms with E-state index in [0.29, 0.717) is 19.3 Å². The fourth-order valence-corrected chi connectivity index (χ4v) is 8.15. The normalized spacial score (nSPS) is 13.4. The number of allylic oxidation sites excluding steroid dienone is 30. The summed E-state index contributed by atoms with van der Waals surface area (Å²) in [6.45, 7) is 6.32. The number of ether oxygens (including phenoxy) is 3. The van der Waals surface area contributed by atoms with Gasteiger partial charge in [0.25, 0.3) is 0 Å². The van der Waals surface area contributed by atoms with Crippen LogP contribution in [0.15, 0.2) is 182 Å². The second kappa shape index (κ2) is 67.0. The molecule has 0 fully saturated rings. The van der Waals surface area contributed by atoms with E-state index in [1.165, 1.54) is 51.4 Å². The molecular formula is C75H116O6. The van der Waals surface area contributed by atoms with Crippen LogP contribution in [0.5, 0.6) is 0 Å². The van der Waals surface area contributed by atoms with Crippen LogP contribution in [0.25, 0.3) is 0 Å². The summed E-state index contributed by atoms with van der Waals surface area (Å²) in [5.74, 6) is -0.997. The van der Waals surface area contributed by atoms with Crippen molar-refractivity contribution in [1.29, 1.82) is 0 Å². The highest BCUT2D eigenvalue weighted by Gasteiger charge is 2.19. The van der Waals surface area contributed by atoms with Gasteiger partial charge in [0.05, 0.1) is 0 Å². The first-order valence-corrected chi connectivity index (χ1v) is 32.3. The van der Waals surface area contributed by atoms with Gasteiger partial charge in [-0.15, -0.1) is 0 Å². The molecule has 6 heteroatoms. The summed E-state index contributed by atoms with van der Waals surface area (Å²) in [6, 6.07) is 0. The first-order chi connectivity index (χ1) is 40.0. The lowest BCUT2D eigenvalue weighted by atomic mass is 10.1. The van der Waals surface area contributed by atoms with Gasteiger partial charge in [0.1, 0.15) is 13.2 Å². The molecule has 0 rings (SSSR count). The van der Waals surface area contributed by atoms with Gasteiger partial charge >= 0.3 is 17.9 Å². The van der Waals surface area contributed by atoms with E-state index in [2.05, 4.69) is 203 Å². The topological polar surface area (TPSA) is 78.9 Å². The lowest BCUT2D eigenvalue weighted by molar-refractivity contribution is -0.167. The zero-order valence-electron chi connectivity index (χ0n) is 51.7. The molecule has 1 unspecified atom stereocenters. The molecule has 0 amide bonds. The Labute approximate surface area is 497 Å². The molecule has 6 nitrogen and oxygen atoms in total. The van der Waals surface area contributed by atoms with Crippen molar-refractivity contribution in [3.05, 3.63) is 182 Å². The molecule has 0 aromatic rings. The van der Waals surface area contributed by atoms with Crippen molar-refractivity contribution in [3.8, 4) is 0 Å². The summed E-state index contributed by atoms with van der Waals surface area (Å²) in [6.07, 6.45) is 101. The summed E-state index contributed by atoms with van der Waals surface area (Å²) in [5.41, 5.74) is 0. The van der Waals surface area contributed by atoms with Crippen molar-refractivity contribution in [1.82, 2.24) is 0 Å². The van der Waals surface area contributed by atoms with E-state index in [9.17, 15) is 14.4 Å². The Morgan fingerprint density at radius 3 is 0.802 bits per heavy atom. The van der Waals surface area contributed by atoms with E-state index in [4.69, 9.17) is 14.2 Å². The number of unbranched alkanes of at least 4 members (excludes halogenated alkanes) is 15. The molecule has 0 aliphatic heterocycles. The van der Waals surface area contributed by atoms with Crippen molar-refractivity contribution >= 4 is 17.9 Å². The fraction of sp³-hybridized carbons (Fsp3) is 0.560. The minimum atomic E-state index is -0.819. The zero-order chi connectivity index (χ0) is 58.5. The van der Waals surface area contributed by atoms with Crippen molar-refractivity contribution in [3.63, 3.8) is 0 Å². The van der Waals surface area contributed by atoms with Crippen LogP contribution in [0.2, 0.25) is 0 Å². The molecule has 81 heavy (non-hydrogen) atoms. The monoisotopic (exact) mass is 1110 g/mol. The highest BCUT2D eigenvalue weighted by Crippen LogP contribution is 2.14.